The van der Waals surface area contributed by atoms with E-state index in [2.05, 4.69) is 5.32 Å². The summed E-state index contributed by atoms with van der Waals surface area (Å²) in [6, 6.07) is 12.2. The quantitative estimate of drug-likeness (QED) is 0.908. The van der Waals surface area contributed by atoms with Crippen molar-refractivity contribution in [1.82, 2.24) is 5.32 Å². The van der Waals surface area contributed by atoms with Gasteiger partial charge in [-0.15, -0.1) is 0 Å². The number of hydrogen-bond donors (Lipinski definition) is 1. The third-order valence-electron chi connectivity index (χ3n) is 3.60. The standard InChI is InChI=1S/C18H20FNO/c1-12-4-5-13(2)16(10-12)11-18(21)20-14(3)15-6-8-17(19)9-7-15/h4-10,14H,11H2,1-3H3,(H,20,21)/t14-/m1/s1. The second-order valence-corrected chi connectivity index (χ2v) is 5.45. The highest BCUT2D eigenvalue weighted by Crippen LogP contribution is 2.15. The monoisotopic (exact) mass is 285 g/mol. The van der Waals surface area contributed by atoms with Crippen LogP contribution in [0.15, 0.2) is 42.5 Å². The zero-order valence-electron chi connectivity index (χ0n) is 12.6. The first-order valence-corrected chi connectivity index (χ1v) is 7.06. The van der Waals surface area contributed by atoms with Crippen LogP contribution in [0.1, 0.15) is 35.2 Å². The predicted molar refractivity (Wildman–Crippen MR) is 82.6 cm³/mol. The van der Waals surface area contributed by atoms with Crippen molar-refractivity contribution in [2.75, 3.05) is 0 Å². The summed E-state index contributed by atoms with van der Waals surface area (Å²) >= 11 is 0. The van der Waals surface area contributed by atoms with E-state index in [1.54, 1.807) is 12.1 Å². The van der Waals surface area contributed by atoms with Crippen molar-refractivity contribution in [3.63, 3.8) is 0 Å². The molecule has 0 heterocycles. The summed E-state index contributed by atoms with van der Waals surface area (Å²) in [5.74, 6) is -0.298. The fourth-order valence-electron chi connectivity index (χ4n) is 2.29. The number of rotatable bonds is 4. The molecule has 0 bridgehead atoms. The lowest BCUT2D eigenvalue weighted by Crippen LogP contribution is -2.28. The van der Waals surface area contributed by atoms with E-state index in [0.29, 0.717) is 6.42 Å². The average molecular weight is 285 g/mol. The van der Waals surface area contributed by atoms with Gasteiger partial charge in [-0.2, -0.15) is 0 Å². The minimum atomic E-state index is -0.271. The molecule has 2 rings (SSSR count). The number of halogens is 1. The molecule has 2 aromatic carbocycles. The first-order chi connectivity index (χ1) is 9.95. The molecule has 0 radical (unpaired) electrons. The van der Waals surface area contributed by atoms with Crippen LogP contribution in [-0.2, 0) is 11.2 Å². The molecule has 0 saturated heterocycles. The first kappa shape index (κ1) is 15.2. The van der Waals surface area contributed by atoms with Gasteiger partial charge in [-0.1, -0.05) is 35.9 Å². The van der Waals surface area contributed by atoms with E-state index >= 15 is 0 Å². The normalized spacial score (nSPS) is 12.0. The second kappa shape index (κ2) is 6.53. The van der Waals surface area contributed by atoms with Gasteiger partial charge in [0.2, 0.25) is 5.91 Å². The highest BCUT2D eigenvalue weighted by atomic mass is 19.1. The summed E-state index contributed by atoms with van der Waals surface area (Å²) in [5, 5.41) is 2.95. The Balaban J connectivity index is 2.01. The van der Waals surface area contributed by atoms with Crippen LogP contribution in [-0.4, -0.2) is 5.91 Å². The fourth-order valence-corrected chi connectivity index (χ4v) is 2.29. The highest BCUT2D eigenvalue weighted by Gasteiger charge is 2.11. The van der Waals surface area contributed by atoms with Gasteiger partial charge < -0.3 is 5.32 Å². The van der Waals surface area contributed by atoms with Gasteiger partial charge in [0.1, 0.15) is 5.82 Å². The van der Waals surface area contributed by atoms with Crippen LogP contribution in [0.2, 0.25) is 0 Å². The van der Waals surface area contributed by atoms with Gasteiger partial charge in [-0.05, 0) is 49.6 Å². The molecule has 1 N–H and O–H groups in total. The lowest BCUT2D eigenvalue weighted by atomic mass is 10.0. The van der Waals surface area contributed by atoms with E-state index in [1.807, 2.05) is 39.0 Å². The molecule has 0 aromatic heterocycles. The lowest BCUT2D eigenvalue weighted by molar-refractivity contribution is -0.121. The summed E-state index contributed by atoms with van der Waals surface area (Å²) in [6.07, 6.45) is 0.360. The van der Waals surface area contributed by atoms with E-state index in [4.69, 9.17) is 0 Å². The Morgan fingerprint density at radius 1 is 1.14 bits per heavy atom. The molecule has 21 heavy (non-hydrogen) atoms. The van der Waals surface area contributed by atoms with E-state index in [1.165, 1.54) is 12.1 Å². The Kier molecular flexibility index (Phi) is 4.73. The predicted octanol–water partition coefficient (Wildman–Crippen LogP) is 3.86. The van der Waals surface area contributed by atoms with Crippen LogP contribution < -0.4 is 5.32 Å². The third-order valence-corrected chi connectivity index (χ3v) is 3.60. The number of hydrogen-bond acceptors (Lipinski definition) is 1. The molecule has 0 unspecified atom stereocenters. The number of carbonyl (C=O) groups excluding carboxylic acids is 1. The molecule has 0 aliphatic carbocycles. The Hall–Kier alpha value is -2.16. The van der Waals surface area contributed by atoms with E-state index in [0.717, 1.165) is 22.3 Å². The first-order valence-electron chi connectivity index (χ1n) is 7.06. The Labute approximate surface area is 125 Å². The van der Waals surface area contributed by atoms with Crippen molar-refractivity contribution in [3.8, 4) is 0 Å². The maximum absolute atomic E-state index is 12.9. The van der Waals surface area contributed by atoms with Gasteiger partial charge in [0.25, 0.3) is 0 Å². The van der Waals surface area contributed by atoms with Gasteiger partial charge in [-0.3, -0.25) is 4.79 Å². The molecule has 0 aliphatic rings. The van der Waals surface area contributed by atoms with Gasteiger partial charge in [-0.25, -0.2) is 4.39 Å². The Bertz CT molecular complexity index is 634. The maximum Gasteiger partial charge on any atom is 0.224 e. The Morgan fingerprint density at radius 3 is 2.48 bits per heavy atom. The van der Waals surface area contributed by atoms with Crippen LogP contribution in [0, 0.1) is 19.7 Å². The van der Waals surface area contributed by atoms with Crippen LogP contribution in [0.5, 0.6) is 0 Å². The maximum atomic E-state index is 12.9. The second-order valence-electron chi connectivity index (χ2n) is 5.45. The van der Waals surface area contributed by atoms with E-state index in [-0.39, 0.29) is 17.8 Å². The molecule has 1 amide bonds. The molecule has 2 aromatic rings. The van der Waals surface area contributed by atoms with E-state index in [9.17, 15) is 9.18 Å². The molecule has 3 heteroatoms. The lowest BCUT2D eigenvalue weighted by Gasteiger charge is -2.15. The summed E-state index contributed by atoms with van der Waals surface area (Å²) in [7, 11) is 0. The topological polar surface area (TPSA) is 29.1 Å². The summed E-state index contributed by atoms with van der Waals surface area (Å²) in [4.78, 5) is 12.1. The molecule has 2 nitrogen and oxygen atoms in total. The fraction of sp³-hybridized carbons (Fsp3) is 0.278. The molecule has 0 aliphatic heterocycles. The van der Waals surface area contributed by atoms with Crippen LogP contribution in [0.3, 0.4) is 0 Å². The summed E-state index contributed by atoms with van der Waals surface area (Å²) in [5.41, 5.74) is 4.20. The molecule has 1 atom stereocenters. The highest BCUT2D eigenvalue weighted by molar-refractivity contribution is 5.79. The minimum absolute atomic E-state index is 0.0273. The number of aryl methyl sites for hydroxylation is 2. The van der Waals surface area contributed by atoms with Gasteiger partial charge in [0, 0.05) is 0 Å². The van der Waals surface area contributed by atoms with Crippen molar-refractivity contribution < 1.29 is 9.18 Å². The zero-order valence-corrected chi connectivity index (χ0v) is 12.6. The van der Waals surface area contributed by atoms with Gasteiger partial charge in [0.05, 0.1) is 12.5 Å². The van der Waals surface area contributed by atoms with Crippen LogP contribution in [0.25, 0.3) is 0 Å². The smallest absolute Gasteiger partial charge is 0.224 e. The zero-order chi connectivity index (χ0) is 15.4. The molecule has 0 fully saturated rings. The molecule has 0 saturated carbocycles. The summed E-state index contributed by atoms with van der Waals surface area (Å²) < 4.78 is 12.9. The molecular formula is C18H20FNO. The SMILES string of the molecule is Cc1ccc(C)c(CC(=O)N[C@H](C)c2ccc(F)cc2)c1. The number of amides is 1. The number of benzene rings is 2. The van der Waals surface area contributed by atoms with Crippen LogP contribution >= 0.6 is 0 Å². The minimum Gasteiger partial charge on any atom is -0.349 e. The third kappa shape index (κ3) is 4.15. The average Bonchev–Trinajstić information content (AvgIpc) is 2.43. The van der Waals surface area contributed by atoms with Crippen LogP contribution in [0.4, 0.5) is 4.39 Å². The van der Waals surface area contributed by atoms with Crippen molar-refractivity contribution in [1.29, 1.82) is 0 Å². The molecular weight excluding hydrogens is 265 g/mol. The van der Waals surface area contributed by atoms with Crippen molar-refractivity contribution in [2.24, 2.45) is 0 Å². The Morgan fingerprint density at radius 2 is 1.81 bits per heavy atom. The molecule has 0 spiro atoms. The molecule has 110 valence electrons. The van der Waals surface area contributed by atoms with Crippen molar-refractivity contribution >= 4 is 5.91 Å². The number of nitrogens with one attached hydrogen (secondary N) is 1. The van der Waals surface area contributed by atoms with Crippen molar-refractivity contribution in [3.05, 3.63) is 70.5 Å². The van der Waals surface area contributed by atoms with Crippen molar-refractivity contribution in [2.45, 2.75) is 33.2 Å². The van der Waals surface area contributed by atoms with E-state index < -0.39 is 0 Å². The number of carbonyl (C=O) groups is 1. The largest absolute Gasteiger partial charge is 0.349 e. The van der Waals surface area contributed by atoms with Gasteiger partial charge >= 0.3 is 0 Å². The van der Waals surface area contributed by atoms with Gasteiger partial charge in [0.15, 0.2) is 0 Å². The summed E-state index contributed by atoms with van der Waals surface area (Å²) in [6.45, 7) is 5.92.